The minimum absolute atomic E-state index is 0.231. The van der Waals surface area contributed by atoms with Gasteiger partial charge in [-0.05, 0) is 13.8 Å². The summed E-state index contributed by atoms with van der Waals surface area (Å²) in [6.07, 6.45) is 0.0276. The smallest absolute Gasteiger partial charge is 0.330 e. The van der Waals surface area contributed by atoms with Gasteiger partial charge >= 0.3 is 5.69 Å². The number of H-pyrrole nitrogens is 1. The second kappa shape index (κ2) is 4.51. The maximum Gasteiger partial charge on any atom is 0.330 e. The van der Waals surface area contributed by atoms with Crippen molar-refractivity contribution in [2.75, 3.05) is 6.61 Å². The summed E-state index contributed by atoms with van der Waals surface area (Å²) in [7, 11) is 0. The largest absolute Gasteiger partial charge is 0.349 e. The van der Waals surface area contributed by atoms with Gasteiger partial charge in [0, 0.05) is 6.42 Å². The molecule has 0 aliphatic carbocycles. The first-order chi connectivity index (χ1) is 9.35. The second-order valence-corrected chi connectivity index (χ2v) is 5.38. The van der Waals surface area contributed by atoms with Crippen molar-refractivity contribution in [2.24, 2.45) is 0 Å². The molecule has 0 bridgehead atoms. The Hall–Kier alpha value is -1.51. The first-order valence-corrected chi connectivity index (χ1v) is 6.34. The molecule has 2 saturated heterocycles. The molecule has 0 saturated carbocycles. The van der Waals surface area contributed by atoms with Crippen LogP contribution in [0, 0.1) is 5.82 Å². The predicted molar refractivity (Wildman–Crippen MR) is 64.7 cm³/mol. The summed E-state index contributed by atoms with van der Waals surface area (Å²) < 4.78 is 31.2. The van der Waals surface area contributed by atoms with Crippen molar-refractivity contribution in [2.45, 2.75) is 44.5 Å². The summed E-state index contributed by atoms with van der Waals surface area (Å²) in [5, 5.41) is 0. The van der Waals surface area contributed by atoms with E-state index in [1.165, 1.54) is 0 Å². The molecule has 110 valence electrons. The van der Waals surface area contributed by atoms with E-state index >= 15 is 0 Å². The van der Waals surface area contributed by atoms with E-state index in [4.69, 9.17) is 14.2 Å². The van der Waals surface area contributed by atoms with Crippen LogP contribution in [-0.4, -0.2) is 34.2 Å². The Morgan fingerprint density at radius 1 is 1.40 bits per heavy atom. The van der Waals surface area contributed by atoms with Crippen LogP contribution in [0.15, 0.2) is 15.8 Å². The van der Waals surface area contributed by atoms with Gasteiger partial charge in [0.25, 0.3) is 5.56 Å². The maximum atomic E-state index is 13.3. The number of hydrogen-bond donors (Lipinski definition) is 1. The number of ether oxygens (including phenoxy) is 3. The minimum atomic E-state index is -1.04. The van der Waals surface area contributed by atoms with Crippen molar-refractivity contribution in [3.05, 3.63) is 32.9 Å². The predicted octanol–water partition coefficient (Wildman–Crippen LogP) is 0.115. The molecule has 7 nitrogen and oxygen atoms in total. The first kappa shape index (κ1) is 13.5. The van der Waals surface area contributed by atoms with Crippen molar-refractivity contribution >= 4 is 0 Å². The molecule has 0 unspecified atom stereocenters. The Morgan fingerprint density at radius 2 is 2.15 bits per heavy atom. The molecule has 1 N–H and O–H groups in total. The fourth-order valence-electron chi connectivity index (χ4n) is 2.50. The molecule has 0 radical (unpaired) electrons. The Balaban J connectivity index is 1.86. The lowest BCUT2D eigenvalue weighted by Crippen LogP contribution is -2.46. The highest BCUT2D eigenvalue weighted by molar-refractivity contribution is 4.92. The lowest BCUT2D eigenvalue weighted by Gasteiger charge is -2.36. The average Bonchev–Trinajstić information content (AvgIpc) is 2.74. The van der Waals surface area contributed by atoms with Crippen LogP contribution in [0.5, 0.6) is 0 Å². The van der Waals surface area contributed by atoms with E-state index in [0.29, 0.717) is 13.0 Å². The summed E-state index contributed by atoms with van der Waals surface area (Å²) in [6, 6.07) is 0. The number of halogens is 1. The van der Waals surface area contributed by atoms with E-state index in [1.54, 1.807) is 13.8 Å². The van der Waals surface area contributed by atoms with Crippen LogP contribution >= 0.6 is 0 Å². The summed E-state index contributed by atoms with van der Waals surface area (Å²) in [5.41, 5.74) is -1.75. The highest BCUT2D eigenvalue weighted by Crippen LogP contribution is 2.36. The molecule has 1 aromatic rings. The maximum absolute atomic E-state index is 13.3. The molecule has 1 aromatic heterocycles. The number of hydrogen-bond acceptors (Lipinski definition) is 5. The molecule has 0 aromatic carbocycles. The van der Waals surface area contributed by atoms with Gasteiger partial charge in [-0.25, -0.2) is 4.79 Å². The zero-order valence-electron chi connectivity index (χ0n) is 11.1. The minimum Gasteiger partial charge on any atom is -0.349 e. The molecule has 2 fully saturated rings. The van der Waals surface area contributed by atoms with Crippen LogP contribution < -0.4 is 11.2 Å². The second-order valence-electron chi connectivity index (χ2n) is 5.38. The zero-order valence-corrected chi connectivity index (χ0v) is 11.1. The van der Waals surface area contributed by atoms with Gasteiger partial charge in [0.05, 0.1) is 18.9 Å². The van der Waals surface area contributed by atoms with Gasteiger partial charge in [-0.15, -0.1) is 0 Å². The topological polar surface area (TPSA) is 82.5 Å². The number of rotatable bonds is 1. The normalized spacial score (nSPS) is 32.0. The molecular formula is C12H15FN2O5. The Labute approximate surface area is 113 Å². The van der Waals surface area contributed by atoms with Crippen LogP contribution in [0.3, 0.4) is 0 Å². The monoisotopic (exact) mass is 286 g/mol. The van der Waals surface area contributed by atoms with Crippen LogP contribution in [0.25, 0.3) is 0 Å². The van der Waals surface area contributed by atoms with Gasteiger partial charge < -0.3 is 14.2 Å². The van der Waals surface area contributed by atoms with Gasteiger partial charge in [0.1, 0.15) is 12.3 Å². The molecular weight excluding hydrogens is 271 g/mol. The standard InChI is InChI=1S/C12H15FN2O5/c1-12(2)18-5-8-7(20-12)3-9(19-8)15-4-6(13)10(16)14-11(15)17/h4,7-9H,3,5H2,1-2H3,(H,14,16,17)/t7-,8-,9-/m1/s1. The van der Waals surface area contributed by atoms with Gasteiger partial charge in [-0.3, -0.25) is 14.3 Å². The third kappa shape index (κ3) is 2.30. The zero-order chi connectivity index (χ0) is 14.5. The number of aromatic amines is 1. The van der Waals surface area contributed by atoms with Crippen LogP contribution in [0.2, 0.25) is 0 Å². The van der Waals surface area contributed by atoms with Crippen molar-refractivity contribution in [1.29, 1.82) is 0 Å². The van der Waals surface area contributed by atoms with Gasteiger partial charge in [0.2, 0.25) is 5.82 Å². The van der Waals surface area contributed by atoms with Crippen molar-refractivity contribution < 1.29 is 18.6 Å². The average molecular weight is 286 g/mol. The summed E-state index contributed by atoms with van der Waals surface area (Å²) >= 11 is 0. The molecule has 8 heteroatoms. The molecule has 0 amide bonds. The fraction of sp³-hybridized carbons (Fsp3) is 0.667. The van der Waals surface area contributed by atoms with Crippen LogP contribution in [0.1, 0.15) is 26.5 Å². The van der Waals surface area contributed by atoms with Gasteiger partial charge in [0.15, 0.2) is 5.79 Å². The quantitative estimate of drug-likeness (QED) is 0.792. The van der Waals surface area contributed by atoms with Crippen molar-refractivity contribution in [3.63, 3.8) is 0 Å². The van der Waals surface area contributed by atoms with Crippen molar-refractivity contribution in [1.82, 2.24) is 9.55 Å². The summed E-state index contributed by atoms with van der Waals surface area (Å²) in [6.45, 7) is 3.93. The van der Waals surface area contributed by atoms with E-state index in [-0.39, 0.29) is 12.2 Å². The van der Waals surface area contributed by atoms with Gasteiger partial charge in [-0.2, -0.15) is 4.39 Å². The van der Waals surface area contributed by atoms with E-state index in [9.17, 15) is 14.0 Å². The van der Waals surface area contributed by atoms with E-state index in [2.05, 4.69) is 0 Å². The SMILES string of the molecule is CC1(C)OC[C@H]2O[C@@H](n3cc(F)c(=O)[nH]c3=O)C[C@H]2O1. The molecule has 3 heterocycles. The van der Waals surface area contributed by atoms with Crippen molar-refractivity contribution in [3.8, 4) is 0 Å². The van der Waals surface area contributed by atoms with Gasteiger partial charge in [-0.1, -0.05) is 0 Å². The Morgan fingerprint density at radius 3 is 2.90 bits per heavy atom. The lowest BCUT2D eigenvalue weighted by atomic mass is 10.1. The van der Waals surface area contributed by atoms with E-state index in [1.807, 2.05) is 4.98 Å². The Bertz CT molecular complexity index is 637. The van der Waals surface area contributed by atoms with E-state index in [0.717, 1.165) is 10.8 Å². The van der Waals surface area contributed by atoms with E-state index < -0.39 is 29.1 Å². The fourth-order valence-corrected chi connectivity index (χ4v) is 2.50. The molecule has 0 spiro atoms. The molecule has 3 atom stereocenters. The summed E-state index contributed by atoms with van der Waals surface area (Å²) in [4.78, 5) is 24.6. The number of nitrogens with one attached hydrogen (secondary N) is 1. The molecule has 2 aliphatic heterocycles. The third-order valence-electron chi connectivity index (χ3n) is 3.45. The number of nitrogens with zero attached hydrogens (tertiary/aromatic N) is 1. The highest BCUT2D eigenvalue weighted by atomic mass is 19.1. The molecule has 2 aliphatic rings. The lowest BCUT2D eigenvalue weighted by molar-refractivity contribution is -0.293. The first-order valence-electron chi connectivity index (χ1n) is 6.34. The van der Waals surface area contributed by atoms with Crippen LogP contribution in [-0.2, 0) is 14.2 Å². The Kier molecular flexibility index (Phi) is 3.03. The summed E-state index contributed by atoms with van der Waals surface area (Å²) in [5.74, 6) is -1.73. The molecule has 20 heavy (non-hydrogen) atoms. The number of aromatic nitrogens is 2. The van der Waals surface area contributed by atoms with Crippen LogP contribution in [0.4, 0.5) is 4.39 Å². The third-order valence-corrected chi connectivity index (χ3v) is 3.45. The molecule has 3 rings (SSSR count). The highest BCUT2D eigenvalue weighted by Gasteiger charge is 2.44. The number of fused-ring (bicyclic) bond motifs is 1.